The number of ether oxygens (including phenoxy) is 1. The van der Waals surface area contributed by atoms with Crippen LogP contribution < -0.4 is 10.6 Å². The Morgan fingerprint density at radius 1 is 1.29 bits per heavy atom. The van der Waals surface area contributed by atoms with E-state index in [-0.39, 0.29) is 5.92 Å². The molecule has 1 aromatic carbocycles. The Kier molecular flexibility index (Phi) is 6.12. The van der Waals surface area contributed by atoms with Crippen molar-refractivity contribution in [2.24, 2.45) is 0 Å². The van der Waals surface area contributed by atoms with Crippen molar-refractivity contribution < 1.29 is 9.53 Å². The lowest BCUT2D eigenvalue weighted by molar-refractivity contribution is 0.184. The fraction of sp³-hybridized carbons (Fsp3) is 0.250. The summed E-state index contributed by atoms with van der Waals surface area (Å²) >= 11 is 7.85. The molecule has 0 aliphatic carbocycles. The molecule has 4 rings (SSSR count). The number of benzene rings is 1. The van der Waals surface area contributed by atoms with Crippen LogP contribution in [-0.2, 0) is 4.74 Å². The number of aryl methyl sites for hydroxylation is 1. The molecule has 9 nitrogen and oxygen atoms in total. The fourth-order valence-electron chi connectivity index (χ4n) is 3.30. The van der Waals surface area contributed by atoms with Crippen LogP contribution in [0, 0.1) is 6.92 Å². The molecule has 0 fully saturated rings. The second-order valence-corrected chi connectivity index (χ2v) is 8.48. The van der Waals surface area contributed by atoms with Crippen LogP contribution in [0.4, 0.5) is 16.2 Å². The standard InChI is InChI=1S/C20H20ClN7O2S/c1-11(10-30-3)17-15(9-22-19-18(17)25-12(2)31-19)27-20(29)26-13-4-5-16(14(21)8-13)28-23-6-7-24-28/h4-9,11H,10H2,1-3H3,(H2,26,27,29). The number of hydrogen-bond donors (Lipinski definition) is 2. The third-order valence-corrected chi connectivity index (χ3v) is 5.75. The molecule has 0 radical (unpaired) electrons. The summed E-state index contributed by atoms with van der Waals surface area (Å²) in [6, 6.07) is 4.68. The van der Waals surface area contributed by atoms with Crippen molar-refractivity contribution in [2.75, 3.05) is 24.4 Å². The van der Waals surface area contributed by atoms with Gasteiger partial charge in [0.15, 0.2) is 0 Å². The molecule has 1 unspecified atom stereocenters. The number of rotatable bonds is 6. The first-order valence-corrected chi connectivity index (χ1v) is 10.6. The number of carbonyl (C=O) groups excluding carboxylic acids is 1. The van der Waals surface area contributed by atoms with Crippen LogP contribution >= 0.6 is 22.9 Å². The van der Waals surface area contributed by atoms with Gasteiger partial charge in [-0.2, -0.15) is 15.0 Å². The second-order valence-electron chi connectivity index (χ2n) is 6.89. The van der Waals surface area contributed by atoms with Gasteiger partial charge in [-0.05, 0) is 25.1 Å². The quantitative estimate of drug-likeness (QED) is 0.437. The van der Waals surface area contributed by atoms with Gasteiger partial charge in [0.25, 0.3) is 0 Å². The van der Waals surface area contributed by atoms with Crippen LogP contribution in [-0.4, -0.2) is 44.7 Å². The Bertz CT molecular complexity index is 1230. The van der Waals surface area contributed by atoms with Gasteiger partial charge in [0.05, 0.1) is 40.9 Å². The van der Waals surface area contributed by atoms with Gasteiger partial charge in [-0.3, -0.25) is 0 Å². The van der Waals surface area contributed by atoms with Crippen molar-refractivity contribution in [1.82, 2.24) is 25.0 Å². The molecule has 31 heavy (non-hydrogen) atoms. The minimum atomic E-state index is -0.417. The summed E-state index contributed by atoms with van der Waals surface area (Å²) in [5, 5.41) is 15.1. The Morgan fingerprint density at radius 2 is 2.06 bits per heavy atom. The molecule has 0 aliphatic rings. The number of thiazole rings is 1. The van der Waals surface area contributed by atoms with Crippen molar-refractivity contribution in [3.63, 3.8) is 0 Å². The van der Waals surface area contributed by atoms with Gasteiger partial charge in [0.2, 0.25) is 0 Å². The van der Waals surface area contributed by atoms with E-state index in [1.807, 2.05) is 13.8 Å². The monoisotopic (exact) mass is 457 g/mol. The van der Waals surface area contributed by atoms with Gasteiger partial charge in [0.1, 0.15) is 16.0 Å². The molecule has 2 amide bonds. The molecule has 0 saturated heterocycles. The highest BCUT2D eigenvalue weighted by Crippen LogP contribution is 2.33. The molecule has 0 saturated carbocycles. The van der Waals surface area contributed by atoms with Gasteiger partial charge in [0, 0.05) is 24.3 Å². The SMILES string of the molecule is COCC(C)c1c(NC(=O)Nc2ccc(-n3nccn3)c(Cl)c2)cnc2sc(C)nc12. The van der Waals surface area contributed by atoms with Crippen LogP contribution in [0.25, 0.3) is 16.0 Å². The minimum absolute atomic E-state index is 0.0163. The summed E-state index contributed by atoms with van der Waals surface area (Å²) in [6.07, 6.45) is 4.78. The fourth-order valence-corrected chi connectivity index (χ4v) is 4.33. The number of carbonyl (C=O) groups is 1. The van der Waals surface area contributed by atoms with Crippen LogP contribution in [0.15, 0.2) is 36.8 Å². The maximum atomic E-state index is 12.7. The molecule has 11 heteroatoms. The zero-order valence-electron chi connectivity index (χ0n) is 17.1. The summed E-state index contributed by atoms with van der Waals surface area (Å²) in [5.74, 6) is 0.0163. The number of urea groups is 1. The molecule has 1 atom stereocenters. The van der Waals surface area contributed by atoms with Gasteiger partial charge >= 0.3 is 6.03 Å². The van der Waals surface area contributed by atoms with E-state index in [9.17, 15) is 4.79 Å². The molecular weight excluding hydrogens is 438 g/mol. The Hall–Kier alpha value is -3.08. The van der Waals surface area contributed by atoms with E-state index >= 15 is 0 Å². The predicted octanol–water partition coefficient (Wildman–Crippen LogP) is 4.63. The van der Waals surface area contributed by atoms with Crippen molar-refractivity contribution in [3.05, 3.63) is 52.4 Å². The number of amides is 2. The van der Waals surface area contributed by atoms with E-state index in [1.54, 1.807) is 43.9 Å². The molecular formula is C20H20ClN7O2S. The largest absolute Gasteiger partial charge is 0.384 e. The number of nitrogens with one attached hydrogen (secondary N) is 2. The summed E-state index contributed by atoms with van der Waals surface area (Å²) in [5.41, 5.74) is 3.40. The van der Waals surface area contributed by atoms with Crippen LogP contribution in [0.1, 0.15) is 23.4 Å². The highest BCUT2D eigenvalue weighted by atomic mass is 35.5. The van der Waals surface area contributed by atoms with Gasteiger partial charge < -0.3 is 15.4 Å². The third kappa shape index (κ3) is 4.50. The van der Waals surface area contributed by atoms with E-state index in [4.69, 9.17) is 16.3 Å². The van der Waals surface area contributed by atoms with Crippen molar-refractivity contribution >= 4 is 50.7 Å². The van der Waals surface area contributed by atoms with E-state index in [0.29, 0.717) is 28.7 Å². The molecule has 3 aromatic heterocycles. The topological polar surface area (TPSA) is 107 Å². The number of anilines is 2. The van der Waals surface area contributed by atoms with Crippen molar-refractivity contribution in [1.29, 1.82) is 0 Å². The number of pyridine rings is 1. The summed E-state index contributed by atoms with van der Waals surface area (Å²) in [4.78, 5) is 24.0. The van der Waals surface area contributed by atoms with Crippen LogP contribution in [0.5, 0.6) is 0 Å². The lowest BCUT2D eigenvalue weighted by Gasteiger charge is -2.17. The highest BCUT2D eigenvalue weighted by Gasteiger charge is 2.20. The summed E-state index contributed by atoms with van der Waals surface area (Å²) < 4.78 is 5.32. The van der Waals surface area contributed by atoms with Crippen LogP contribution in [0.2, 0.25) is 5.02 Å². The van der Waals surface area contributed by atoms with Gasteiger partial charge in [-0.1, -0.05) is 29.9 Å². The van der Waals surface area contributed by atoms with E-state index in [1.165, 1.54) is 16.1 Å². The average molecular weight is 458 g/mol. The number of hydrogen-bond acceptors (Lipinski definition) is 7. The van der Waals surface area contributed by atoms with E-state index < -0.39 is 6.03 Å². The highest BCUT2D eigenvalue weighted by molar-refractivity contribution is 7.18. The average Bonchev–Trinajstić information content (AvgIpc) is 3.37. The van der Waals surface area contributed by atoms with E-state index in [0.717, 1.165) is 20.9 Å². The summed E-state index contributed by atoms with van der Waals surface area (Å²) in [6.45, 7) is 4.45. The molecule has 3 heterocycles. The molecule has 160 valence electrons. The lowest BCUT2D eigenvalue weighted by Crippen LogP contribution is -2.21. The minimum Gasteiger partial charge on any atom is -0.384 e. The first-order valence-electron chi connectivity index (χ1n) is 9.45. The van der Waals surface area contributed by atoms with Gasteiger partial charge in [-0.15, -0.1) is 0 Å². The Morgan fingerprint density at radius 3 is 2.77 bits per heavy atom. The zero-order chi connectivity index (χ0) is 22.0. The second kappa shape index (κ2) is 8.96. The zero-order valence-corrected chi connectivity index (χ0v) is 18.7. The number of aromatic nitrogens is 5. The maximum Gasteiger partial charge on any atom is 0.323 e. The molecule has 0 bridgehead atoms. The first kappa shape index (κ1) is 21.2. The number of methoxy groups -OCH3 is 1. The normalized spacial score (nSPS) is 12.1. The van der Waals surface area contributed by atoms with Crippen molar-refractivity contribution in [2.45, 2.75) is 19.8 Å². The third-order valence-electron chi connectivity index (χ3n) is 4.57. The molecule has 0 aliphatic heterocycles. The maximum absolute atomic E-state index is 12.7. The molecule has 0 spiro atoms. The Balaban J connectivity index is 1.57. The van der Waals surface area contributed by atoms with E-state index in [2.05, 4.69) is 30.8 Å². The molecule has 2 N–H and O–H groups in total. The predicted molar refractivity (Wildman–Crippen MR) is 121 cm³/mol. The molecule has 4 aromatic rings. The number of halogens is 1. The van der Waals surface area contributed by atoms with Crippen molar-refractivity contribution in [3.8, 4) is 5.69 Å². The number of nitrogens with zero attached hydrogens (tertiary/aromatic N) is 5. The summed E-state index contributed by atoms with van der Waals surface area (Å²) in [7, 11) is 1.65. The van der Waals surface area contributed by atoms with Gasteiger partial charge in [-0.25, -0.2) is 14.8 Å². The lowest BCUT2D eigenvalue weighted by atomic mass is 10.0. The van der Waals surface area contributed by atoms with Crippen LogP contribution in [0.3, 0.4) is 0 Å². The first-order chi connectivity index (χ1) is 15.0. The Labute approximate surface area is 187 Å². The number of fused-ring (bicyclic) bond motifs is 1. The smallest absolute Gasteiger partial charge is 0.323 e.